The topological polar surface area (TPSA) is 78.9 Å². The number of allylic oxidation sites excluding steroid dienone is 4. The summed E-state index contributed by atoms with van der Waals surface area (Å²) in [5.41, 5.74) is 0. The molecule has 1 unspecified atom stereocenters. The molecule has 0 aliphatic heterocycles. The van der Waals surface area contributed by atoms with E-state index in [4.69, 9.17) is 14.2 Å². The molecule has 352 valence electrons. The summed E-state index contributed by atoms with van der Waals surface area (Å²) in [5.74, 6) is -0.873. The van der Waals surface area contributed by atoms with Gasteiger partial charge in [-0.2, -0.15) is 0 Å². The summed E-state index contributed by atoms with van der Waals surface area (Å²) < 4.78 is 16.8. The number of ether oxygens (including phenoxy) is 3. The molecule has 6 nitrogen and oxygen atoms in total. The Labute approximate surface area is 373 Å². The Hall–Kier alpha value is -2.11. The Kier molecular flexibility index (Phi) is 47.8. The number of esters is 3. The van der Waals surface area contributed by atoms with E-state index in [2.05, 4.69) is 45.1 Å². The molecule has 6 heteroatoms. The predicted octanol–water partition coefficient (Wildman–Crippen LogP) is 17.2. The van der Waals surface area contributed by atoms with Gasteiger partial charge in [-0.3, -0.25) is 14.4 Å². The molecule has 0 bridgehead atoms. The fourth-order valence-electron chi connectivity index (χ4n) is 7.65. The maximum atomic E-state index is 12.8. The van der Waals surface area contributed by atoms with E-state index in [0.29, 0.717) is 19.3 Å². The molecule has 1 atom stereocenters. The van der Waals surface area contributed by atoms with E-state index < -0.39 is 6.10 Å². The molecule has 0 fully saturated rings. The molecule has 0 spiro atoms. The summed E-state index contributed by atoms with van der Waals surface area (Å²) in [6, 6.07) is 0. The zero-order valence-electron chi connectivity index (χ0n) is 40.2. The van der Waals surface area contributed by atoms with Crippen LogP contribution in [0, 0.1) is 0 Å². The number of hydrogen-bond donors (Lipinski definition) is 0. The van der Waals surface area contributed by atoms with Crippen LogP contribution in [0.1, 0.15) is 284 Å². The summed E-state index contributed by atoms with van der Waals surface area (Å²) >= 11 is 0. The number of rotatable bonds is 48. The minimum atomic E-state index is -0.771. The van der Waals surface area contributed by atoms with Crippen LogP contribution in [0.25, 0.3) is 0 Å². The number of hydrogen-bond acceptors (Lipinski definition) is 6. The molecule has 0 amide bonds. The first-order valence-electron chi connectivity index (χ1n) is 26.3. The third-order valence-corrected chi connectivity index (χ3v) is 11.7. The molecule has 0 aromatic rings. The van der Waals surface area contributed by atoms with Gasteiger partial charge in [0.1, 0.15) is 13.2 Å². The van der Waals surface area contributed by atoms with Gasteiger partial charge in [0.25, 0.3) is 0 Å². The van der Waals surface area contributed by atoms with Gasteiger partial charge < -0.3 is 14.2 Å². The maximum absolute atomic E-state index is 12.8. The monoisotopic (exact) mass is 845 g/mol. The van der Waals surface area contributed by atoms with Crippen LogP contribution < -0.4 is 0 Å². The van der Waals surface area contributed by atoms with Crippen LogP contribution in [0.3, 0.4) is 0 Å². The molecule has 0 aromatic carbocycles. The van der Waals surface area contributed by atoms with Crippen LogP contribution in [0.15, 0.2) is 24.3 Å². The van der Waals surface area contributed by atoms with Crippen molar-refractivity contribution in [2.45, 2.75) is 290 Å². The second kappa shape index (κ2) is 49.5. The molecular formula is C54H100O6. The molecule has 0 radical (unpaired) electrons. The molecule has 0 N–H and O–H groups in total. The minimum absolute atomic E-state index is 0.0718. The van der Waals surface area contributed by atoms with Crippen LogP contribution in [0.2, 0.25) is 0 Å². The summed E-state index contributed by atoms with van der Waals surface area (Å²) in [5, 5.41) is 0. The molecule has 0 saturated carbocycles. The van der Waals surface area contributed by atoms with E-state index in [1.807, 2.05) is 0 Å². The highest BCUT2D eigenvalue weighted by Crippen LogP contribution is 2.16. The Morgan fingerprint density at radius 2 is 0.567 bits per heavy atom. The maximum Gasteiger partial charge on any atom is 0.306 e. The van der Waals surface area contributed by atoms with Crippen LogP contribution in [0.4, 0.5) is 0 Å². The molecule has 0 saturated heterocycles. The fraction of sp³-hybridized carbons (Fsp3) is 0.870. The second-order valence-electron chi connectivity index (χ2n) is 17.8. The van der Waals surface area contributed by atoms with Crippen molar-refractivity contribution in [3.63, 3.8) is 0 Å². The van der Waals surface area contributed by atoms with E-state index in [1.165, 1.54) is 180 Å². The lowest BCUT2D eigenvalue weighted by Gasteiger charge is -2.18. The highest BCUT2D eigenvalue weighted by molar-refractivity contribution is 5.71. The Morgan fingerprint density at radius 1 is 0.317 bits per heavy atom. The number of carbonyl (C=O) groups excluding carboxylic acids is 3. The average molecular weight is 845 g/mol. The van der Waals surface area contributed by atoms with Crippen LogP contribution >= 0.6 is 0 Å². The van der Waals surface area contributed by atoms with Crippen molar-refractivity contribution in [1.29, 1.82) is 0 Å². The van der Waals surface area contributed by atoms with Crippen molar-refractivity contribution in [1.82, 2.24) is 0 Å². The van der Waals surface area contributed by atoms with Gasteiger partial charge in [0.2, 0.25) is 0 Å². The van der Waals surface area contributed by atoms with Gasteiger partial charge >= 0.3 is 17.9 Å². The van der Waals surface area contributed by atoms with Crippen LogP contribution in [0.5, 0.6) is 0 Å². The zero-order chi connectivity index (χ0) is 43.7. The normalized spacial score (nSPS) is 12.1. The summed E-state index contributed by atoms with van der Waals surface area (Å²) in [6.07, 6.45) is 55.9. The van der Waals surface area contributed by atoms with Crippen molar-refractivity contribution >= 4 is 17.9 Å². The van der Waals surface area contributed by atoms with E-state index in [1.54, 1.807) is 0 Å². The first kappa shape index (κ1) is 57.9. The molecule has 0 heterocycles. The van der Waals surface area contributed by atoms with Gasteiger partial charge in [0.05, 0.1) is 0 Å². The number of carbonyl (C=O) groups is 3. The predicted molar refractivity (Wildman–Crippen MR) is 256 cm³/mol. The molecule has 0 aliphatic rings. The zero-order valence-corrected chi connectivity index (χ0v) is 40.2. The first-order chi connectivity index (χ1) is 29.5. The van der Waals surface area contributed by atoms with Crippen molar-refractivity contribution in [2.75, 3.05) is 13.2 Å². The summed E-state index contributed by atoms with van der Waals surface area (Å²) in [6.45, 7) is 6.61. The second-order valence-corrected chi connectivity index (χ2v) is 17.8. The lowest BCUT2D eigenvalue weighted by Crippen LogP contribution is -2.30. The van der Waals surface area contributed by atoms with Crippen molar-refractivity contribution in [3.8, 4) is 0 Å². The molecule has 0 rings (SSSR count). The Balaban J connectivity index is 4.32. The lowest BCUT2D eigenvalue weighted by atomic mass is 10.0. The third-order valence-electron chi connectivity index (χ3n) is 11.7. The van der Waals surface area contributed by atoms with E-state index in [0.717, 1.165) is 64.2 Å². The smallest absolute Gasteiger partial charge is 0.306 e. The molecular weight excluding hydrogens is 745 g/mol. The van der Waals surface area contributed by atoms with Gasteiger partial charge in [-0.05, 0) is 64.2 Å². The molecule has 0 aromatic heterocycles. The van der Waals surface area contributed by atoms with Crippen LogP contribution in [-0.4, -0.2) is 37.2 Å². The van der Waals surface area contributed by atoms with Gasteiger partial charge in [-0.1, -0.05) is 225 Å². The molecule has 0 aliphatic carbocycles. The van der Waals surface area contributed by atoms with Crippen molar-refractivity contribution < 1.29 is 28.6 Å². The highest BCUT2D eigenvalue weighted by Gasteiger charge is 2.19. The van der Waals surface area contributed by atoms with Gasteiger partial charge in [-0.15, -0.1) is 0 Å². The Morgan fingerprint density at radius 3 is 0.900 bits per heavy atom. The fourth-order valence-corrected chi connectivity index (χ4v) is 7.65. The summed E-state index contributed by atoms with van der Waals surface area (Å²) in [4.78, 5) is 37.9. The summed E-state index contributed by atoms with van der Waals surface area (Å²) in [7, 11) is 0. The van der Waals surface area contributed by atoms with Gasteiger partial charge in [0, 0.05) is 19.3 Å². The Bertz CT molecular complexity index is 973. The standard InChI is InChI=1S/C54H100O6/c1-4-7-10-13-16-19-22-24-26-28-29-32-35-38-41-44-47-53(56)59-50-51(49-58-52(55)46-43-40-37-34-31-21-18-15-12-9-6-3)60-54(57)48-45-42-39-36-33-30-27-25-23-20-17-14-11-8-5-2/h15,18,20,23,51H,4-14,16-17,19,21-22,24-50H2,1-3H3/b18-15-,23-20-. The highest BCUT2D eigenvalue weighted by atomic mass is 16.6. The van der Waals surface area contributed by atoms with Crippen molar-refractivity contribution in [2.24, 2.45) is 0 Å². The quantitative estimate of drug-likeness (QED) is 0.0263. The average Bonchev–Trinajstić information content (AvgIpc) is 3.24. The first-order valence-corrected chi connectivity index (χ1v) is 26.3. The lowest BCUT2D eigenvalue weighted by molar-refractivity contribution is -0.167. The molecule has 60 heavy (non-hydrogen) atoms. The van der Waals surface area contributed by atoms with Gasteiger partial charge in [-0.25, -0.2) is 0 Å². The minimum Gasteiger partial charge on any atom is -0.462 e. The van der Waals surface area contributed by atoms with E-state index in [9.17, 15) is 14.4 Å². The van der Waals surface area contributed by atoms with Crippen LogP contribution in [-0.2, 0) is 28.6 Å². The van der Waals surface area contributed by atoms with Gasteiger partial charge in [0.15, 0.2) is 6.10 Å². The SMILES string of the molecule is CCCC/C=C\CCCCCCCC(=O)OCC(COC(=O)CCCCCCCCCCCCCCCCCC)OC(=O)CCCCCCCCC/C=C\CCCCCC. The van der Waals surface area contributed by atoms with E-state index >= 15 is 0 Å². The third kappa shape index (κ3) is 46.9. The number of unbranched alkanes of at least 4 members (excludes halogenated alkanes) is 33. The largest absolute Gasteiger partial charge is 0.462 e. The van der Waals surface area contributed by atoms with Crippen molar-refractivity contribution in [3.05, 3.63) is 24.3 Å². The van der Waals surface area contributed by atoms with E-state index in [-0.39, 0.29) is 31.1 Å².